The molecular weight excluding hydrogens is 388 g/mol. The quantitative estimate of drug-likeness (QED) is 0.427. The van der Waals surface area contributed by atoms with Crippen molar-refractivity contribution < 1.29 is 4.79 Å². The van der Waals surface area contributed by atoms with Crippen molar-refractivity contribution in [1.29, 1.82) is 0 Å². The zero-order chi connectivity index (χ0) is 21.8. The molecule has 2 aromatic heterocycles. The lowest BCUT2D eigenvalue weighted by molar-refractivity contribution is -0.121. The van der Waals surface area contributed by atoms with E-state index in [4.69, 9.17) is 0 Å². The molecule has 0 aliphatic heterocycles. The molecule has 0 unspecified atom stereocenters. The van der Waals surface area contributed by atoms with Gasteiger partial charge in [0.25, 0.3) is 5.56 Å². The Kier molecular flexibility index (Phi) is 5.98. The minimum Gasteiger partial charge on any atom is -0.361 e. The van der Waals surface area contributed by atoms with Gasteiger partial charge >= 0.3 is 0 Å². The zero-order valence-electron chi connectivity index (χ0n) is 17.7. The number of carbonyl (C=O) groups is 1. The molecule has 0 saturated carbocycles. The minimum absolute atomic E-state index is 0.0764. The lowest BCUT2D eigenvalue weighted by Crippen LogP contribution is -2.31. The van der Waals surface area contributed by atoms with E-state index in [2.05, 4.69) is 20.3 Å². The number of aromatic nitrogens is 3. The number of carbonyl (C=O) groups excluding carboxylic acids is 1. The summed E-state index contributed by atoms with van der Waals surface area (Å²) in [5.41, 5.74) is 3.43. The maximum atomic E-state index is 13.0. The summed E-state index contributed by atoms with van der Waals surface area (Å²) in [4.78, 5) is 35.7. The molecule has 3 N–H and O–H groups in total. The van der Waals surface area contributed by atoms with Crippen LogP contribution in [-0.2, 0) is 17.6 Å². The summed E-state index contributed by atoms with van der Waals surface area (Å²) in [5, 5.41) is 4.20. The Labute approximate surface area is 180 Å². The van der Waals surface area contributed by atoms with Crippen molar-refractivity contribution in [3.05, 3.63) is 99.9 Å². The maximum absolute atomic E-state index is 13.0. The second kappa shape index (κ2) is 9.00. The fourth-order valence-electron chi connectivity index (χ4n) is 3.75. The molecule has 0 aliphatic carbocycles. The Balaban J connectivity index is 1.57. The monoisotopic (exact) mass is 414 g/mol. The Bertz CT molecular complexity index is 1240. The summed E-state index contributed by atoms with van der Waals surface area (Å²) in [5.74, 6) is 0.686. The van der Waals surface area contributed by atoms with Crippen LogP contribution in [0.2, 0.25) is 0 Å². The van der Waals surface area contributed by atoms with Crippen LogP contribution in [0.4, 0.5) is 0 Å². The molecule has 158 valence electrons. The first kappa shape index (κ1) is 20.6. The smallest absolute Gasteiger partial charge is 0.251 e. The van der Waals surface area contributed by atoms with Crippen molar-refractivity contribution in [2.24, 2.45) is 0 Å². The molecule has 2 heterocycles. The van der Waals surface area contributed by atoms with Gasteiger partial charge in [0.1, 0.15) is 5.82 Å². The van der Waals surface area contributed by atoms with Crippen molar-refractivity contribution in [2.75, 3.05) is 0 Å². The van der Waals surface area contributed by atoms with E-state index in [9.17, 15) is 9.59 Å². The zero-order valence-corrected chi connectivity index (χ0v) is 17.7. The number of H-pyrrole nitrogens is 2. The molecule has 31 heavy (non-hydrogen) atoms. The Morgan fingerprint density at radius 3 is 2.58 bits per heavy atom. The average Bonchev–Trinajstić information content (AvgIpc) is 3.16. The van der Waals surface area contributed by atoms with Crippen molar-refractivity contribution in [3.63, 3.8) is 0 Å². The highest BCUT2D eigenvalue weighted by atomic mass is 16.1. The maximum Gasteiger partial charge on any atom is 0.251 e. The van der Waals surface area contributed by atoms with Crippen LogP contribution in [0, 0.1) is 0 Å². The third kappa shape index (κ3) is 4.91. The third-order valence-electron chi connectivity index (χ3n) is 5.34. The molecular formula is C25H26N4O2. The summed E-state index contributed by atoms with van der Waals surface area (Å²) >= 11 is 0. The third-order valence-corrected chi connectivity index (χ3v) is 5.34. The first-order chi connectivity index (χ1) is 15.0. The van der Waals surface area contributed by atoms with E-state index in [1.54, 1.807) is 0 Å². The van der Waals surface area contributed by atoms with Gasteiger partial charge in [-0.3, -0.25) is 9.59 Å². The molecule has 6 heteroatoms. The van der Waals surface area contributed by atoms with Crippen LogP contribution in [0.3, 0.4) is 0 Å². The first-order valence-corrected chi connectivity index (χ1v) is 10.5. The van der Waals surface area contributed by atoms with E-state index in [0.717, 1.165) is 22.0 Å². The highest BCUT2D eigenvalue weighted by Crippen LogP contribution is 2.21. The number of para-hydroxylation sites is 1. The van der Waals surface area contributed by atoms with Gasteiger partial charge in [-0.1, -0.05) is 62.4 Å². The molecule has 1 amide bonds. The predicted octanol–water partition coefficient (Wildman–Crippen LogP) is 4.02. The number of nitrogens with zero attached hydrogens (tertiary/aromatic N) is 1. The van der Waals surface area contributed by atoms with Crippen LogP contribution < -0.4 is 10.9 Å². The molecule has 0 bridgehead atoms. The van der Waals surface area contributed by atoms with E-state index < -0.39 is 0 Å². The Morgan fingerprint density at radius 2 is 1.81 bits per heavy atom. The summed E-state index contributed by atoms with van der Waals surface area (Å²) in [6.07, 6.45) is 2.59. The number of amides is 1. The van der Waals surface area contributed by atoms with E-state index in [1.165, 1.54) is 6.07 Å². The van der Waals surface area contributed by atoms with Crippen LogP contribution >= 0.6 is 0 Å². The second-order valence-electron chi connectivity index (χ2n) is 8.05. The van der Waals surface area contributed by atoms with Gasteiger partial charge in [0.05, 0.1) is 18.2 Å². The van der Waals surface area contributed by atoms with E-state index >= 15 is 0 Å². The van der Waals surface area contributed by atoms with Crippen LogP contribution in [-0.4, -0.2) is 20.9 Å². The fourth-order valence-corrected chi connectivity index (χ4v) is 3.75. The predicted molar refractivity (Wildman–Crippen MR) is 122 cm³/mol. The van der Waals surface area contributed by atoms with Crippen molar-refractivity contribution in [2.45, 2.75) is 38.6 Å². The number of hydrogen-bond donors (Lipinski definition) is 3. The van der Waals surface area contributed by atoms with Crippen LogP contribution in [0.5, 0.6) is 0 Å². The molecule has 0 saturated heterocycles. The molecule has 1 atom stereocenters. The molecule has 0 radical (unpaired) electrons. The normalized spacial score (nSPS) is 12.2. The first-order valence-electron chi connectivity index (χ1n) is 10.5. The molecule has 0 spiro atoms. The summed E-state index contributed by atoms with van der Waals surface area (Å²) in [6, 6.07) is 18.9. The second-order valence-corrected chi connectivity index (χ2v) is 8.05. The molecule has 2 aromatic carbocycles. The van der Waals surface area contributed by atoms with E-state index in [-0.39, 0.29) is 29.8 Å². The highest BCUT2D eigenvalue weighted by molar-refractivity contribution is 5.89. The number of nitrogens with one attached hydrogen (secondary N) is 3. The summed E-state index contributed by atoms with van der Waals surface area (Å²) in [7, 11) is 0. The van der Waals surface area contributed by atoms with Gasteiger partial charge in [0.2, 0.25) is 5.91 Å². The Morgan fingerprint density at radius 1 is 1.06 bits per heavy atom. The SMILES string of the molecule is CC(C)c1nc(C[C@H](NC(=O)Cc2c[nH]c3ccccc23)c2ccccc2)cc(=O)[nH]1. The summed E-state index contributed by atoms with van der Waals surface area (Å²) < 4.78 is 0. The van der Waals surface area contributed by atoms with Gasteiger partial charge in [-0.15, -0.1) is 0 Å². The highest BCUT2D eigenvalue weighted by Gasteiger charge is 2.18. The van der Waals surface area contributed by atoms with Crippen LogP contribution in [0.25, 0.3) is 10.9 Å². The van der Waals surface area contributed by atoms with Gasteiger partial charge in [-0.05, 0) is 17.2 Å². The van der Waals surface area contributed by atoms with Crippen LogP contribution in [0.1, 0.15) is 48.5 Å². The van der Waals surface area contributed by atoms with E-state index in [0.29, 0.717) is 17.9 Å². The van der Waals surface area contributed by atoms with Crippen molar-refractivity contribution in [3.8, 4) is 0 Å². The summed E-state index contributed by atoms with van der Waals surface area (Å²) in [6.45, 7) is 3.97. The number of aromatic amines is 2. The number of hydrogen-bond acceptors (Lipinski definition) is 3. The topological polar surface area (TPSA) is 90.6 Å². The van der Waals surface area contributed by atoms with Crippen molar-refractivity contribution in [1.82, 2.24) is 20.3 Å². The number of benzene rings is 2. The minimum atomic E-state index is -0.284. The van der Waals surface area contributed by atoms with Gasteiger partial charge in [-0.25, -0.2) is 4.98 Å². The van der Waals surface area contributed by atoms with Crippen molar-refractivity contribution >= 4 is 16.8 Å². The Hall–Kier alpha value is -3.67. The van der Waals surface area contributed by atoms with Gasteiger partial charge in [0.15, 0.2) is 0 Å². The fraction of sp³-hybridized carbons (Fsp3) is 0.240. The van der Waals surface area contributed by atoms with Gasteiger partial charge < -0.3 is 15.3 Å². The van der Waals surface area contributed by atoms with Crippen LogP contribution in [0.15, 0.2) is 71.7 Å². The lowest BCUT2D eigenvalue weighted by atomic mass is 10.0. The molecule has 4 rings (SSSR count). The standard InChI is InChI=1S/C25H26N4O2/c1-16(2)25-27-19(14-24(31)29-25)13-22(17-8-4-3-5-9-17)28-23(30)12-18-15-26-21-11-7-6-10-20(18)21/h3-11,14-16,22,26H,12-13H2,1-2H3,(H,28,30)(H,27,29,31)/t22-/m0/s1. The number of fused-ring (bicyclic) bond motifs is 1. The lowest BCUT2D eigenvalue weighted by Gasteiger charge is -2.19. The molecule has 0 aliphatic rings. The van der Waals surface area contributed by atoms with Gasteiger partial charge in [-0.2, -0.15) is 0 Å². The molecule has 6 nitrogen and oxygen atoms in total. The average molecular weight is 415 g/mol. The number of rotatable bonds is 7. The molecule has 0 fully saturated rings. The largest absolute Gasteiger partial charge is 0.361 e. The molecule has 4 aromatic rings. The van der Waals surface area contributed by atoms with E-state index in [1.807, 2.05) is 74.6 Å². The van der Waals surface area contributed by atoms with Gasteiger partial charge in [0, 0.05) is 35.5 Å².